The molecule has 34 heavy (non-hydrogen) atoms. The summed E-state index contributed by atoms with van der Waals surface area (Å²) < 4.78 is 52.9. The van der Waals surface area contributed by atoms with E-state index in [-0.39, 0.29) is 9.79 Å². The van der Waals surface area contributed by atoms with E-state index in [9.17, 15) is 21.6 Å². The number of carbonyl (C=O) groups is 1. The summed E-state index contributed by atoms with van der Waals surface area (Å²) in [7, 11) is -8.70. The lowest BCUT2D eigenvalue weighted by Gasteiger charge is -2.29. The van der Waals surface area contributed by atoms with E-state index in [0.717, 1.165) is 10.8 Å². The summed E-state index contributed by atoms with van der Waals surface area (Å²) in [5.41, 5.74) is -0.809. The number of hydrogen-bond acceptors (Lipinski definition) is 5. The third-order valence-electron chi connectivity index (χ3n) is 6.10. The molecule has 7 heteroatoms. The van der Waals surface area contributed by atoms with Gasteiger partial charge in [-0.2, -0.15) is 0 Å². The van der Waals surface area contributed by atoms with Gasteiger partial charge in [-0.1, -0.05) is 78.9 Å². The highest BCUT2D eigenvalue weighted by Gasteiger charge is 2.45. The predicted molar refractivity (Wildman–Crippen MR) is 133 cm³/mol. The first-order valence-electron chi connectivity index (χ1n) is 10.7. The van der Waals surface area contributed by atoms with Crippen LogP contribution in [0.1, 0.15) is 18.9 Å². The lowest BCUT2D eigenvalue weighted by Crippen LogP contribution is -2.39. The Morgan fingerprint density at radius 3 is 1.65 bits per heavy atom. The minimum Gasteiger partial charge on any atom is -0.302 e. The molecule has 0 aliphatic heterocycles. The number of hydrogen-bond donors (Lipinski definition) is 0. The van der Waals surface area contributed by atoms with Gasteiger partial charge in [0.2, 0.25) is 0 Å². The maximum atomic E-state index is 13.7. The number of carbonyl (C=O) groups excluding carboxylic acids is 1. The quantitative estimate of drug-likeness (QED) is 0.325. The third kappa shape index (κ3) is 4.41. The van der Waals surface area contributed by atoms with Crippen LogP contribution in [-0.2, 0) is 29.9 Å². The number of rotatable bonds is 8. The highest BCUT2D eigenvalue weighted by molar-refractivity contribution is 8.09. The van der Waals surface area contributed by atoms with Crippen molar-refractivity contribution >= 4 is 36.7 Å². The van der Waals surface area contributed by atoms with E-state index in [2.05, 4.69) is 0 Å². The van der Waals surface area contributed by atoms with Crippen LogP contribution >= 0.6 is 0 Å². The Hall–Kier alpha value is -3.29. The average Bonchev–Trinajstić information content (AvgIpc) is 2.87. The zero-order chi connectivity index (χ0) is 24.4. The summed E-state index contributed by atoms with van der Waals surface area (Å²) in [4.78, 5) is 12.2. The molecule has 0 aliphatic carbocycles. The summed E-state index contributed by atoms with van der Waals surface area (Å²) in [6.07, 6.45) is 0.217. The van der Waals surface area contributed by atoms with Crippen molar-refractivity contribution in [3.8, 4) is 0 Å². The standard InChI is InChI=1S/C27H24O5S2/c1-27(20-28,23-17-16-21-10-8-9-11-22(21)18-23)19-26(33(29,30)24-12-4-2-5-13-24)34(31,32)25-14-6-3-7-15-25/h2-18,20,26H,19H2,1H3/t27-/m1/s1. The molecule has 174 valence electrons. The van der Waals surface area contributed by atoms with E-state index < -0.39 is 36.1 Å². The van der Waals surface area contributed by atoms with E-state index in [1.54, 1.807) is 49.4 Å². The average molecular weight is 493 g/mol. The Morgan fingerprint density at radius 1 is 0.676 bits per heavy atom. The van der Waals surface area contributed by atoms with E-state index in [4.69, 9.17) is 0 Å². The maximum absolute atomic E-state index is 13.7. The van der Waals surface area contributed by atoms with Gasteiger partial charge in [-0.25, -0.2) is 16.8 Å². The number of sulfone groups is 2. The zero-order valence-electron chi connectivity index (χ0n) is 18.5. The first-order valence-corrected chi connectivity index (χ1v) is 13.8. The molecule has 0 bridgehead atoms. The van der Waals surface area contributed by atoms with Gasteiger partial charge >= 0.3 is 0 Å². The second kappa shape index (κ2) is 9.16. The van der Waals surface area contributed by atoms with Crippen LogP contribution in [0, 0.1) is 0 Å². The van der Waals surface area contributed by atoms with Crippen LogP contribution in [0.3, 0.4) is 0 Å². The molecule has 0 heterocycles. The fourth-order valence-electron chi connectivity index (χ4n) is 4.03. The van der Waals surface area contributed by atoms with Gasteiger partial charge in [-0.15, -0.1) is 0 Å². The first kappa shape index (κ1) is 23.9. The van der Waals surface area contributed by atoms with E-state index in [1.807, 2.05) is 36.4 Å². The summed E-state index contributed by atoms with van der Waals surface area (Å²) in [6, 6.07) is 28.0. The van der Waals surface area contributed by atoms with Crippen molar-refractivity contribution in [2.75, 3.05) is 0 Å². The topological polar surface area (TPSA) is 85.3 Å². The third-order valence-corrected chi connectivity index (χ3v) is 11.2. The SMILES string of the molecule is C[C@](C=O)(CC(S(=O)(=O)c1ccccc1)S(=O)(=O)c1ccccc1)c1ccc2ccccc2c1. The molecule has 0 fully saturated rings. The zero-order valence-corrected chi connectivity index (χ0v) is 20.2. The molecule has 0 spiro atoms. The fourth-order valence-corrected chi connectivity index (χ4v) is 8.85. The second-order valence-corrected chi connectivity index (χ2v) is 13.0. The van der Waals surface area contributed by atoms with Gasteiger partial charge in [0.15, 0.2) is 24.3 Å². The number of benzene rings is 4. The smallest absolute Gasteiger partial charge is 0.195 e. The van der Waals surface area contributed by atoms with Crippen molar-refractivity contribution in [3.05, 3.63) is 109 Å². The first-order chi connectivity index (χ1) is 16.2. The molecule has 5 nitrogen and oxygen atoms in total. The molecule has 0 amide bonds. The summed E-state index contributed by atoms with van der Waals surface area (Å²) in [6.45, 7) is 1.58. The molecular formula is C27H24O5S2. The van der Waals surface area contributed by atoms with Crippen molar-refractivity contribution in [1.82, 2.24) is 0 Å². The van der Waals surface area contributed by atoms with Crippen molar-refractivity contribution < 1.29 is 21.6 Å². The Kier molecular flexibility index (Phi) is 6.43. The summed E-state index contributed by atoms with van der Waals surface area (Å²) >= 11 is 0. The predicted octanol–water partition coefficient (Wildman–Crippen LogP) is 4.96. The second-order valence-electron chi connectivity index (χ2n) is 8.45. The van der Waals surface area contributed by atoms with Crippen LogP contribution in [0.15, 0.2) is 113 Å². The minimum absolute atomic E-state index is 0.105. The van der Waals surface area contributed by atoms with Crippen LogP contribution in [-0.4, -0.2) is 27.7 Å². The van der Waals surface area contributed by atoms with Gasteiger partial charge < -0.3 is 4.79 Å². The molecule has 0 aromatic heterocycles. The highest BCUT2D eigenvalue weighted by atomic mass is 32.3. The Morgan fingerprint density at radius 2 is 1.15 bits per heavy atom. The number of fused-ring (bicyclic) bond motifs is 1. The van der Waals surface area contributed by atoms with Crippen LogP contribution in [0.25, 0.3) is 10.8 Å². The molecule has 4 aromatic rings. The summed E-state index contributed by atoms with van der Waals surface area (Å²) in [5.74, 6) is 0. The normalized spacial score (nSPS) is 14.1. The van der Waals surface area contributed by atoms with Gasteiger partial charge in [0.25, 0.3) is 0 Å². The van der Waals surface area contributed by atoms with E-state index in [0.29, 0.717) is 11.8 Å². The summed E-state index contributed by atoms with van der Waals surface area (Å²) in [5, 5.41) is 1.84. The molecule has 0 aliphatic rings. The van der Waals surface area contributed by atoms with Crippen LogP contribution in [0.2, 0.25) is 0 Å². The monoisotopic (exact) mass is 492 g/mol. The van der Waals surface area contributed by atoms with Crippen molar-refractivity contribution in [2.24, 2.45) is 0 Å². The number of aldehydes is 1. The maximum Gasteiger partial charge on any atom is 0.195 e. The van der Waals surface area contributed by atoms with Gasteiger partial charge in [0.1, 0.15) is 6.29 Å². The van der Waals surface area contributed by atoms with Crippen LogP contribution < -0.4 is 0 Å². The Bertz CT molecular complexity index is 1460. The van der Waals surface area contributed by atoms with Gasteiger partial charge in [-0.3, -0.25) is 0 Å². The van der Waals surface area contributed by atoms with Gasteiger partial charge in [0, 0.05) is 0 Å². The molecule has 1 atom stereocenters. The molecule has 0 saturated heterocycles. The Balaban J connectivity index is 1.88. The van der Waals surface area contributed by atoms with Crippen LogP contribution in [0.5, 0.6) is 0 Å². The molecular weight excluding hydrogens is 468 g/mol. The van der Waals surface area contributed by atoms with Crippen LogP contribution in [0.4, 0.5) is 0 Å². The molecule has 0 radical (unpaired) electrons. The van der Waals surface area contributed by atoms with Crippen molar-refractivity contribution in [3.63, 3.8) is 0 Å². The van der Waals surface area contributed by atoms with E-state index in [1.165, 1.54) is 24.3 Å². The highest BCUT2D eigenvalue weighted by Crippen LogP contribution is 2.37. The molecule has 4 rings (SSSR count). The van der Waals surface area contributed by atoms with E-state index >= 15 is 0 Å². The molecule has 0 saturated carbocycles. The Labute approximate surface area is 199 Å². The lowest BCUT2D eigenvalue weighted by molar-refractivity contribution is -0.112. The molecule has 0 N–H and O–H groups in total. The lowest BCUT2D eigenvalue weighted by atomic mass is 9.80. The largest absolute Gasteiger partial charge is 0.302 e. The van der Waals surface area contributed by atoms with Gasteiger partial charge in [0.05, 0.1) is 15.2 Å². The molecule has 4 aromatic carbocycles. The molecule has 0 unspecified atom stereocenters. The van der Waals surface area contributed by atoms with Crippen molar-refractivity contribution in [1.29, 1.82) is 0 Å². The fraction of sp³-hybridized carbons (Fsp3) is 0.148. The minimum atomic E-state index is -4.35. The van der Waals surface area contributed by atoms with Gasteiger partial charge in [-0.05, 0) is 53.9 Å². The van der Waals surface area contributed by atoms with Crippen molar-refractivity contribution in [2.45, 2.75) is 33.1 Å².